The molecule has 3 aromatic rings. The molecular formula is C21H21NO2S. The van der Waals surface area contributed by atoms with Gasteiger partial charge in [-0.1, -0.05) is 48.5 Å². The summed E-state index contributed by atoms with van der Waals surface area (Å²) in [4.78, 5) is 24.9. The van der Waals surface area contributed by atoms with E-state index in [9.17, 15) is 9.59 Å². The highest BCUT2D eigenvalue weighted by atomic mass is 32.1. The largest absolute Gasteiger partial charge is 0.350 e. The molecule has 0 saturated heterocycles. The second-order valence-electron chi connectivity index (χ2n) is 6.11. The van der Waals surface area contributed by atoms with Crippen molar-refractivity contribution in [1.82, 2.24) is 5.32 Å². The van der Waals surface area contributed by atoms with Crippen LogP contribution in [-0.4, -0.2) is 11.7 Å². The lowest BCUT2D eigenvalue weighted by Crippen LogP contribution is -2.26. The lowest BCUT2D eigenvalue weighted by molar-refractivity contribution is -0.121. The monoisotopic (exact) mass is 351 g/mol. The Kier molecular flexibility index (Phi) is 5.61. The van der Waals surface area contributed by atoms with Gasteiger partial charge >= 0.3 is 0 Å². The Morgan fingerprint density at radius 1 is 1.00 bits per heavy atom. The molecule has 0 radical (unpaired) electrons. The Hall–Kier alpha value is -2.46. The number of carbonyl (C=O) groups excluding carboxylic acids is 2. The zero-order chi connectivity index (χ0) is 17.6. The van der Waals surface area contributed by atoms with Gasteiger partial charge in [0.05, 0.1) is 10.9 Å². The molecule has 128 valence electrons. The van der Waals surface area contributed by atoms with Gasteiger partial charge in [-0.25, -0.2) is 0 Å². The average molecular weight is 351 g/mol. The van der Waals surface area contributed by atoms with E-state index in [-0.39, 0.29) is 17.7 Å². The van der Waals surface area contributed by atoms with Crippen molar-refractivity contribution in [3.8, 4) is 0 Å². The number of carbonyl (C=O) groups is 2. The maximum absolute atomic E-state index is 12.2. The third kappa shape index (κ3) is 4.34. The predicted molar refractivity (Wildman–Crippen MR) is 103 cm³/mol. The maximum atomic E-state index is 12.2. The summed E-state index contributed by atoms with van der Waals surface area (Å²) in [5, 5.41) is 7.27. The van der Waals surface area contributed by atoms with Crippen LogP contribution < -0.4 is 5.32 Å². The molecule has 0 aliphatic rings. The SMILES string of the molecule is C[C@@H](NC(=O)CCCC(=O)c1cccs1)c1cccc2ccccc12. The average Bonchev–Trinajstić information content (AvgIpc) is 3.16. The van der Waals surface area contributed by atoms with Crippen LogP contribution in [0.5, 0.6) is 0 Å². The first-order chi connectivity index (χ1) is 12.1. The minimum atomic E-state index is -0.0633. The highest BCUT2D eigenvalue weighted by molar-refractivity contribution is 7.12. The fraction of sp³-hybridized carbons (Fsp3) is 0.238. The first-order valence-electron chi connectivity index (χ1n) is 8.49. The number of hydrogen-bond acceptors (Lipinski definition) is 3. The lowest BCUT2D eigenvalue weighted by atomic mass is 9.99. The lowest BCUT2D eigenvalue weighted by Gasteiger charge is -2.16. The number of rotatable bonds is 7. The Morgan fingerprint density at radius 3 is 2.60 bits per heavy atom. The van der Waals surface area contributed by atoms with E-state index in [4.69, 9.17) is 0 Å². The highest BCUT2D eigenvalue weighted by Gasteiger charge is 2.13. The zero-order valence-electron chi connectivity index (χ0n) is 14.2. The van der Waals surface area contributed by atoms with E-state index in [1.54, 1.807) is 0 Å². The van der Waals surface area contributed by atoms with Crippen molar-refractivity contribution in [2.45, 2.75) is 32.2 Å². The molecule has 3 nitrogen and oxygen atoms in total. The third-order valence-corrected chi connectivity index (χ3v) is 5.18. The van der Waals surface area contributed by atoms with E-state index < -0.39 is 0 Å². The highest BCUT2D eigenvalue weighted by Crippen LogP contribution is 2.24. The summed E-state index contributed by atoms with van der Waals surface area (Å²) in [5.74, 6) is 0.101. The van der Waals surface area contributed by atoms with E-state index in [2.05, 4.69) is 23.5 Å². The molecule has 4 heteroatoms. The van der Waals surface area contributed by atoms with Gasteiger partial charge in [-0.05, 0) is 41.1 Å². The number of nitrogens with one attached hydrogen (secondary N) is 1. The number of benzene rings is 2. The van der Waals surface area contributed by atoms with Crippen molar-refractivity contribution >= 4 is 33.8 Å². The van der Waals surface area contributed by atoms with E-state index in [1.165, 1.54) is 16.7 Å². The Labute approximate surface area is 151 Å². The van der Waals surface area contributed by atoms with Gasteiger partial charge in [0.25, 0.3) is 0 Å². The van der Waals surface area contributed by atoms with Crippen LogP contribution in [0.3, 0.4) is 0 Å². The number of fused-ring (bicyclic) bond motifs is 1. The first-order valence-corrected chi connectivity index (χ1v) is 9.37. The normalized spacial score (nSPS) is 12.0. The van der Waals surface area contributed by atoms with Crippen molar-refractivity contribution in [1.29, 1.82) is 0 Å². The van der Waals surface area contributed by atoms with Gasteiger partial charge in [0, 0.05) is 12.8 Å². The standard InChI is InChI=1S/C21H21NO2S/c1-15(17-10-4-8-16-7-2-3-9-18(16)17)22-21(24)13-5-11-19(23)20-12-6-14-25-20/h2-4,6-10,12,14-15H,5,11,13H2,1H3,(H,22,24)/t15-/m1/s1. The number of hydrogen-bond donors (Lipinski definition) is 1. The van der Waals surface area contributed by atoms with Crippen LogP contribution in [0.25, 0.3) is 10.8 Å². The number of thiophene rings is 1. The molecule has 3 rings (SSSR count). The van der Waals surface area contributed by atoms with Gasteiger partial charge in [0.2, 0.25) is 5.91 Å². The van der Waals surface area contributed by atoms with E-state index in [1.807, 2.05) is 48.7 Å². The van der Waals surface area contributed by atoms with Crippen molar-refractivity contribution in [2.24, 2.45) is 0 Å². The summed E-state index contributed by atoms with van der Waals surface area (Å²) in [6.07, 6.45) is 1.35. The van der Waals surface area contributed by atoms with Crippen molar-refractivity contribution in [3.63, 3.8) is 0 Å². The Balaban J connectivity index is 1.54. The zero-order valence-corrected chi connectivity index (χ0v) is 15.0. The molecule has 1 aromatic heterocycles. The molecular weight excluding hydrogens is 330 g/mol. The van der Waals surface area contributed by atoms with Gasteiger partial charge < -0.3 is 5.32 Å². The van der Waals surface area contributed by atoms with Gasteiger partial charge in [-0.15, -0.1) is 11.3 Å². The molecule has 2 aromatic carbocycles. The van der Waals surface area contributed by atoms with Gasteiger partial charge in [0.15, 0.2) is 5.78 Å². The summed E-state index contributed by atoms with van der Waals surface area (Å²) in [6, 6.07) is 17.9. The van der Waals surface area contributed by atoms with Crippen molar-refractivity contribution in [2.75, 3.05) is 0 Å². The second kappa shape index (κ2) is 8.08. The molecule has 0 aliphatic carbocycles. The fourth-order valence-electron chi connectivity index (χ4n) is 2.99. The van der Waals surface area contributed by atoms with Crippen LogP contribution in [0.15, 0.2) is 60.0 Å². The number of Topliss-reactive ketones (excluding diaryl/α,β-unsaturated/α-hetero) is 1. The molecule has 0 fully saturated rings. The molecule has 1 heterocycles. The summed E-state index contributed by atoms with van der Waals surface area (Å²) in [5.41, 5.74) is 1.11. The summed E-state index contributed by atoms with van der Waals surface area (Å²) < 4.78 is 0. The van der Waals surface area contributed by atoms with Gasteiger partial charge in [0.1, 0.15) is 0 Å². The molecule has 0 aliphatic heterocycles. The van der Waals surface area contributed by atoms with Crippen molar-refractivity contribution < 1.29 is 9.59 Å². The summed E-state index contributed by atoms with van der Waals surface area (Å²) in [6.45, 7) is 2.00. The topological polar surface area (TPSA) is 46.2 Å². The van der Waals surface area contributed by atoms with E-state index in [0.717, 1.165) is 15.8 Å². The van der Waals surface area contributed by atoms with Crippen LogP contribution >= 0.6 is 11.3 Å². The quantitative estimate of drug-likeness (QED) is 0.600. The minimum Gasteiger partial charge on any atom is -0.350 e. The van der Waals surface area contributed by atoms with Crippen LogP contribution in [0, 0.1) is 0 Å². The molecule has 1 N–H and O–H groups in total. The molecule has 25 heavy (non-hydrogen) atoms. The smallest absolute Gasteiger partial charge is 0.220 e. The van der Waals surface area contributed by atoms with Crippen LogP contribution in [0.4, 0.5) is 0 Å². The molecule has 0 unspecified atom stereocenters. The third-order valence-electron chi connectivity index (χ3n) is 4.27. The number of amides is 1. The number of ketones is 1. The Bertz CT molecular complexity index is 865. The second-order valence-corrected chi connectivity index (χ2v) is 7.06. The van der Waals surface area contributed by atoms with Gasteiger partial charge in [-0.3, -0.25) is 9.59 Å². The maximum Gasteiger partial charge on any atom is 0.220 e. The van der Waals surface area contributed by atoms with Crippen LogP contribution in [-0.2, 0) is 4.79 Å². The summed E-state index contributed by atoms with van der Waals surface area (Å²) in [7, 11) is 0. The molecule has 1 amide bonds. The van der Waals surface area contributed by atoms with E-state index >= 15 is 0 Å². The Morgan fingerprint density at radius 2 is 1.80 bits per heavy atom. The van der Waals surface area contributed by atoms with E-state index in [0.29, 0.717) is 19.3 Å². The van der Waals surface area contributed by atoms with Crippen molar-refractivity contribution in [3.05, 3.63) is 70.4 Å². The minimum absolute atomic E-state index is 0.0144. The van der Waals surface area contributed by atoms with Gasteiger partial charge in [-0.2, -0.15) is 0 Å². The molecule has 0 saturated carbocycles. The van der Waals surface area contributed by atoms with Crippen LogP contribution in [0.2, 0.25) is 0 Å². The molecule has 0 spiro atoms. The first kappa shape index (κ1) is 17.4. The molecule has 0 bridgehead atoms. The van der Waals surface area contributed by atoms with Crippen LogP contribution in [0.1, 0.15) is 47.5 Å². The summed E-state index contributed by atoms with van der Waals surface area (Å²) >= 11 is 1.45. The predicted octanol–water partition coefficient (Wildman–Crippen LogP) is 5.13. The molecule has 1 atom stereocenters. The fourth-order valence-corrected chi connectivity index (χ4v) is 3.68.